The Balaban J connectivity index is 2.58. The summed E-state index contributed by atoms with van der Waals surface area (Å²) in [5.41, 5.74) is 11.4. The van der Waals surface area contributed by atoms with Crippen LogP contribution in [-0.2, 0) is 4.79 Å². The Hall–Kier alpha value is -1.00. The standard InChI is InChI=1S/C13H20N2OS/c1-9-4-6-11(7-5-9)17-10(2)8-13(3,15)12(14)16/h4-7,10H,8,15H2,1-3H3,(H2,14,16). The maximum atomic E-state index is 11.1. The number of hydrogen-bond acceptors (Lipinski definition) is 3. The molecule has 0 bridgehead atoms. The van der Waals surface area contributed by atoms with E-state index in [1.807, 2.05) is 0 Å². The Labute approximate surface area is 107 Å². The Morgan fingerprint density at radius 1 is 1.41 bits per heavy atom. The van der Waals surface area contributed by atoms with Crippen molar-refractivity contribution in [3.8, 4) is 0 Å². The summed E-state index contributed by atoms with van der Waals surface area (Å²) >= 11 is 1.71. The van der Waals surface area contributed by atoms with Crippen molar-refractivity contribution in [1.82, 2.24) is 0 Å². The average molecular weight is 252 g/mol. The molecular weight excluding hydrogens is 232 g/mol. The van der Waals surface area contributed by atoms with Crippen LogP contribution in [0.1, 0.15) is 25.8 Å². The first-order chi connectivity index (χ1) is 7.81. The van der Waals surface area contributed by atoms with Crippen LogP contribution >= 0.6 is 11.8 Å². The molecule has 0 saturated carbocycles. The Morgan fingerprint density at radius 3 is 2.41 bits per heavy atom. The zero-order chi connectivity index (χ0) is 13.1. The van der Waals surface area contributed by atoms with Gasteiger partial charge in [-0.15, -0.1) is 11.8 Å². The first-order valence-corrected chi connectivity index (χ1v) is 6.51. The summed E-state index contributed by atoms with van der Waals surface area (Å²) in [6.45, 7) is 5.79. The fraction of sp³-hybridized carbons (Fsp3) is 0.462. The topological polar surface area (TPSA) is 69.1 Å². The largest absolute Gasteiger partial charge is 0.368 e. The molecule has 0 aliphatic carbocycles. The van der Waals surface area contributed by atoms with Crippen molar-refractivity contribution in [2.45, 2.75) is 42.9 Å². The van der Waals surface area contributed by atoms with Gasteiger partial charge in [-0.1, -0.05) is 24.6 Å². The maximum Gasteiger partial charge on any atom is 0.237 e. The number of primary amides is 1. The molecule has 1 aromatic rings. The van der Waals surface area contributed by atoms with Gasteiger partial charge in [0, 0.05) is 10.1 Å². The smallest absolute Gasteiger partial charge is 0.237 e. The fourth-order valence-corrected chi connectivity index (χ4v) is 2.78. The third kappa shape index (κ3) is 4.40. The predicted molar refractivity (Wildman–Crippen MR) is 72.9 cm³/mol. The van der Waals surface area contributed by atoms with Crippen molar-refractivity contribution in [1.29, 1.82) is 0 Å². The van der Waals surface area contributed by atoms with Gasteiger partial charge in [-0.05, 0) is 32.4 Å². The molecule has 0 saturated heterocycles. The molecule has 0 aromatic heterocycles. The van der Waals surface area contributed by atoms with Crippen LogP contribution in [0.3, 0.4) is 0 Å². The van der Waals surface area contributed by atoms with Gasteiger partial charge < -0.3 is 11.5 Å². The van der Waals surface area contributed by atoms with E-state index in [0.29, 0.717) is 6.42 Å². The molecule has 0 aliphatic heterocycles. The van der Waals surface area contributed by atoms with Crippen LogP contribution in [0.5, 0.6) is 0 Å². The molecule has 0 heterocycles. The molecule has 94 valence electrons. The molecule has 2 atom stereocenters. The predicted octanol–water partition coefficient (Wildman–Crippen LogP) is 2.07. The second-order valence-electron chi connectivity index (χ2n) is 4.73. The van der Waals surface area contributed by atoms with Crippen molar-refractivity contribution in [3.05, 3.63) is 29.8 Å². The fourth-order valence-electron chi connectivity index (χ4n) is 1.59. The van der Waals surface area contributed by atoms with E-state index in [-0.39, 0.29) is 5.25 Å². The summed E-state index contributed by atoms with van der Waals surface area (Å²) < 4.78 is 0. The lowest BCUT2D eigenvalue weighted by Crippen LogP contribution is -2.50. The van der Waals surface area contributed by atoms with Gasteiger partial charge in [-0.3, -0.25) is 4.79 Å². The number of carbonyl (C=O) groups is 1. The molecule has 17 heavy (non-hydrogen) atoms. The average Bonchev–Trinajstić information content (AvgIpc) is 2.20. The summed E-state index contributed by atoms with van der Waals surface area (Å²) in [6.07, 6.45) is 0.570. The van der Waals surface area contributed by atoms with Gasteiger partial charge in [-0.25, -0.2) is 0 Å². The highest BCUT2D eigenvalue weighted by atomic mass is 32.2. The van der Waals surface area contributed by atoms with E-state index in [2.05, 4.69) is 38.1 Å². The molecule has 0 radical (unpaired) electrons. The van der Waals surface area contributed by atoms with Crippen LogP contribution in [0.15, 0.2) is 29.2 Å². The SMILES string of the molecule is Cc1ccc(SC(C)CC(C)(N)C(N)=O)cc1. The summed E-state index contributed by atoms with van der Waals surface area (Å²) in [5, 5.41) is 0.250. The Bertz CT molecular complexity index is 387. The quantitative estimate of drug-likeness (QED) is 0.788. The second-order valence-corrected chi connectivity index (χ2v) is 6.24. The summed E-state index contributed by atoms with van der Waals surface area (Å²) in [6, 6.07) is 8.30. The number of amides is 1. The summed E-state index contributed by atoms with van der Waals surface area (Å²) in [5.74, 6) is -0.450. The van der Waals surface area contributed by atoms with Crippen LogP contribution in [0.4, 0.5) is 0 Å². The number of rotatable bonds is 5. The maximum absolute atomic E-state index is 11.1. The number of nitrogens with two attached hydrogens (primary N) is 2. The molecule has 0 fully saturated rings. The third-order valence-corrected chi connectivity index (χ3v) is 3.75. The van der Waals surface area contributed by atoms with Crippen LogP contribution < -0.4 is 11.5 Å². The van der Waals surface area contributed by atoms with Gasteiger partial charge in [0.15, 0.2) is 0 Å². The van der Waals surface area contributed by atoms with Crippen molar-refractivity contribution in [3.63, 3.8) is 0 Å². The highest BCUT2D eigenvalue weighted by molar-refractivity contribution is 7.99. The van der Waals surface area contributed by atoms with E-state index in [4.69, 9.17) is 11.5 Å². The monoisotopic (exact) mass is 252 g/mol. The van der Waals surface area contributed by atoms with Crippen molar-refractivity contribution >= 4 is 17.7 Å². The molecule has 1 amide bonds. The molecule has 1 aromatic carbocycles. The highest BCUT2D eigenvalue weighted by Gasteiger charge is 2.28. The normalized spacial score (nSPS) is 16.2. The van der Waals surface area contributed by atoms with Crippen LogP contribution in [0.25, 0.3) is 0 Å². The first-order valence-electron chi connectivity index (χ1n) is 5.63. The van der Waals surface area contributed by atoms with E-state index < -0.39 is 11.4 Å². The number of thioether (sulfide) groups is 1. The Kier molecular flexibility index (Phi) is 4.60. The zero-order valence-corrected chi connectivity index (χ0v) is 11.4. The summed E-state index contributed by atoms with van der Waals surface area (Å²) in [7, 11) is 0. The van der Waals surface area contributed by atoms with Crippen LogP contribution in [0, 0.1) is 6.92 Å². The minimum Gasteiger partial charge on any atom is -0.368 e. The minimum absolute atomic E-state index is 0.250. The van der Waals surface area contributed by atoms with Gasteiger partial charge >= 0.3 is 0 Å². The molecule has 2 unspecified atom stereocenters. The van der Waals surface area contributed by atoms with Gasteiger partial charge in [-0.2, -0.15) is 0 Å². The lowest BCUT2D eigenvalue weighted by molar-refractivity contribution is -0.122. The van der Waals surface area contributed by atoms with Crippen molar-refractivity contribution in [2.24, 2.45) is 11.5 Å². The van der Waals surface area contributed by atoms with E-state index in [0.717, 1.165) is 0 Å². The number of aryl methyl sites for hydroxylation is 1. The number of benzene rings is 1. The molecule has 0 aliphatic rings. The second kappa shape index (κ2) is 5.56. The molecule has 4 N–H and O–H groups in total. The molecule has 1 rings (SSSR count). The first kappa shape index (κ1) is 14.1. The third-order valence-electron chi connectivity index (χ3n) is 2.63. The molecular formula is C13H20N2OS. The zero-order valence-electron chi connectivity index (χ0n) is 10.6. The van der Waals surface area contributed by atoms with Crippen LogP contribution in [0.2, 0.25) is 0 Å². The highest BCUT2D eigenvalue weighted by Crippen LogP contribution is 2.28. The lowest BCUT2D eigenvalue weighted by atomic mass is 9.97. The van der Waals surface area contributed by atoms with E-state index in [1.54, 1.807) is 18.7 Å². The van der Waals surface area contributed by atoms with E-state index >= 15 is 0 Å². The molecule has 0 spiro atoms. The van der Waals surface area contributed by atoms with Crippen molar-refractivity contribution < 1.29 is 4.79 Å². The molecule has 3 nitrogen and oxygen atoms in total. The minimum atomic E-state index is -0.933. The van der Waals surface area contributed by atoms with Gasteiger partial charge in [0.25, 0.3) is 0 Å². The lowest BCUT2D eigenvalue weighted by Gasteiger charge is -2.24. The molecule has 4 heteroatoms. The Morgan fingerprint density at radius 2 is 1.94 bits per heavy atom. The van der Waals surface area contributed by atoms with Gasteiger partial charge in [0.05, 0.1) is 5.54 Å². The van der Waals surface area contributed by atoms with Gasteiger partial charge in [0.2, 0.25) is 5.91 Å². The number of hydrogen-bond donors (Lipinski definition) is 2. The van der Waals surface area contributed by atoms with Gasteiger partial charge in [0.1, 0.15) is 0 Å². The van der Waals surface area contributed by atoms with Crippen molar-refractivity contribution in [2.75, 3.05) is 0 Å². The van der Waals surface area contributed by atoms with Crippen LogP contribution in [-0.4, -0.2) is 16.7 Å². The van der Waals surface area contributed by atoms with E-state index in [9.17, 15) is 4.79 Å². The van der Waals surface area contributed by atoms with E-state index in [1.165, 1.54) is 10.5 Å². The summed E-state index contributed by atoms with van der Waals surface area (Å²) in [4.78, 5) is 12.3. The number of carbonyl (C=O) groups excluding carboxylic acids is 1.